The molecule has 2 aliphatic rings. The Morgan fingerprint density at radius 3 is 3.00 bits per heavy atom. The van der Waals surface area contributed by atoms with Crippen LogP contribution in [0.1, 0.15) is 12.8 Å². The van der Waals surface area contributed by atoms with Crippen molar-refractivity contribution in [3.8, 4) is 0 Å². The molecule has 0 aliphatic carbocycles. The highest BCUT2D eigenvalue weighted by Gasteiger charge is 2.23. The first-order chi connectivity index (χ1) is 6.86. The summed E-state index contributed by atoms with van der Waals surface area (Å²) in [5.41, 5.74) is 0. The molecule has 6 heteroatoms. The van der Waals surface area contributed by atoms with Gasteiger partial charge in [-0.25, -0.2) is 0 Å². The molecule has 2 fully saturated rings. The molecular formula is C9H17ClN2OS2. The molecule has 0 spiro atoms. The lowest BCUT2D eigenvalue weighted by atomic mass is 10.2. The maximum absolute atomic E-state index is 11.6. The Morgan fingerprint density at radius 1 is 1.53 bits per heavy atom. The van der Waals surface area contributed by atoms with Gasteiger partial charge in [0.15, 0.2) is 0 Å². The Bertz CT molecular complexity index is 206. The largest absolute Gasteiger partial charge is 0.354 e. The normalized spacial score (nSPS) is 29.9. The van der Waals surface area contributed by atoms with Gasteiger partial charge in [0, 0.05) is 23.4 Å². The lowest BCUT2D eigenvalue weighted by molar-refractivity contribution is -0.122. The zero-order valence-corrected chi connectivity index (χ0v) is 11.0. The molecule has 2 N–H and O–H groups in total. The summed E-state index contributed by atoms with van der Waals surface area (Å²) in [7, 11) is 0. The van der Waals surface area contributed by atoms with Crippen LogP contribution in [0.4, 0.5) is 0 Å². The second-order valence-corrected chi connectivity index (χ2v) is 6.09. The molecule has 0 aromatic heterocycles. The van der Waals surface area contributed by atoms with Crippen molar-refractivity contribution >= 4 is 41.8 Å². The van der Waals surface area contributed by atoms with E-state index < -0.39 is 0 Å². The van der Waals surface area contributed by atoms with E-state index in [1.165, 1.54) is 18.6 Å². The summed E-state index contributed by atoms with van der Waals surface area (Å²) in [5, 5.41) is 6.87. The molecular weight excluding hydrogens is 252 g/mol. The summed E-state index contributed by atoms with van der Waals surface area (Å²) in [6.07, 6.45) is 2.57. The molecule has 2 saturated heterocycles. The summed E-state index contributed by atoms with van der Waals surface area (Å²) < 4.78 is 0. The second-order valence-electron chi connectivity index (χ2n) is 3.65. The number of nitrogens with one attached hydrogen (secondary N) is 2. The monoisotopic (exact) mass is 268 g/mol. The molecule has 0 aromatic carbocycles. The van der Waals surface area contributed by atoms with E-state index in [4.69, 9.17) is 0 Å². The van der Waals surface area contributed by atoms with E-state index in [-0.39, 0.29) is 24.4 Å². The zero-order valence-electron chi connectivity index (χ0n) is 8.53. The maximum atomic E-state index is 11.6. The van der Waals surface area contributed by atoms with Gasteiger partial charge in [0.1, 0.15) is 0 Å². The minimum Gasteiger partial charge on any atom is -0.354 e. The fourth-order valence-electron chi connectivity index (χ4n) is 1.71. The Labute approximate surface area is 105 Å². The van der Waals surface area contributed by atoms with Crippen LogP contribution >= 0.6 is 35.9 Å². The van der Waals surface area contributed by atoms with E-state index in [2.05, 4.69) is 10.6 Å². The quantitative estimate of drug-likeness (QED) is 0.804. The van der Waals surface area contributed by atoms with E-state index in [0.717, 1.165) is 18.2 Å². The van der Waals surface area contributed by atoms with Gasteiger partial charge in [-0.3, -0.25) is 10.1 Å². The molecule has 1 amide bonds. The highest BCUT2D eigenvalue weighted by molar-refractivity contribution is 8.00. The van der Waals surface area contributed by atoms with E-state index >= 15 is 0 Å². The van der Waals surface area contributed by atoms with Crippen LogP contribution < -0.4 is 10.6 Å². The van der Waals surface area contributed by atoms with Crippen molar-refractivity contribution < 1.29 is 4.79 Å². The highest BCUT2D eigenvalue weighted by Crippen LogP contribution is 2.25. The van der Waals surface area contributed by atoms with Crippen molar-refractivity contribution in [2.24, 2.45) is 0 Å². The van der Waals surface area contributed by atoms with Gasteiger partial charge in [-0.05, 0) is 18.6 Å². The fraction of sp³-hybridized carbons (Fsp3) is 0.889. The summed E-state index contributed by atoms with van der Waals surface area (Å²) >= 11 is 3.78. The van der Waals surface area contributed by atoms with Crippen molar-refractivity contribution in [1.29, 1.82) is 0 Å². The zero-order chi connectivity index (χ0) is 9.80. The Balaban J connectivity index is 0.00000112. The summed E-state index contributed by atoms with van der Waals surface area (Å²) in [4.78, 5) is 11.6. The van der Waals surface area contributed by atoms with Gasteiger partial charge in [-0.2, -0.15) is 11.8 Å². The number of carbonyl (C=O) groups is 1. The van der Waals surface area contributed by atoms with Crippen molar-refractivity contribution in [2.75, 3.05) is 23.9 Å². The van der Waals surface area contributed by atoms with E-state index in [9.17, 15) is 4.79 Å². The number of thioether (sulfide) groups is 2. The first-order valence-electron chi connectivity index (χ1n) is 5.07. The van der Waals surface area contributed by atoms with Crippen LogP contribution in [-0.4, -0.2) is 41.1 Å². The first kappa shape index (κ1) is 13.5. The van der Waals surface area contributed by atoms with Crippen LogP contribution in [0, 0.1) is 0 Å². The number of hydrogen-bond acceptors (Lipinski definition) is 4. The van der Waals surface area contributed by atoms with Gasteiger partial charge in [-0.15, -0.1) is 24.2 Å². The van der Waals surface area contributed by atoms with Crippen LogP contribution in [0.2, 0.25) is 0 Å². The number of halogens is 1. The van der Waals surface area contributed by atoms with Crippen LogP contribution in [0.15, 0.2) is 0 Å². The van der Waals surface area contributed by atoms with Crippen LogP contribution in [-0.2, 0) is 4.79 Å². The SMILES string of the molecule is Cl.O=C(NCC1CCCS1)C1CSCN1. The van der Waals surface area contributed by atoms with Gasteiger partial charge in [0.25, 0.3) is 0 Å². The Hall–Kier alpha value is 0.420. The molecule has 88 valence electrons. The highest BCUT2D eigenvalue weighted by atomic mass is 35.5. The van der Waals surface area contributed by atoms with Gasteiger partial charge in [0.2, 0.25) is 5.91 Å². The van der Waals surface area contributed by atoms with Crippen molar-refractivity contribution in [3.63, 3.8) is 0 Å². The first-order valence-corrected chi connectivity index (χ1v) is 7.27. The predicted molar refractivity (Wildman–Crippen MR) is 70.0 cm³/mol. The van der Waals surface area contributed by atoms with E-state index in [1.807, 2.05) is 11.8 Å². The average Bonchev–Trinajstić information content (AvgIpc) is 2.87. The molecule has 2 rings (SSSR count). The third-order valence-corrected chi connectivity index (χ3v) is 4.90. The minimum atomic E-state index is 0. The molecule has 0 aromatic rings. The topological polar surface area (TPSA) is 41.1 Å². The average molecular weight is 269 g/mol. The molecule has 3 nitrogen and oxygen atoms in total. The molecule has 0 bridgehead atoms. The molecule has 15 heavy (non-hydrogen) atoms. The molecule has 2 heterocycles. The molecule has 2 aliphatic heterocycles. The van der Waals surface area contributed by atoms with Gasteiger partial charge >= 0.3 is 0 Å². The second kappa shape index (κ2) is 6.89. The van der Waals surface area contributed by atoms with Gasteiger partial charge in [0.05, 0.1) is 6.04 Å². The van der Waals surface area contributed by atoms with Crippen LogP contribution in [0.5, 0.6) is 0 Å². The maximum Gasteiger partial charge on any atom is 0.238 e. The minimum absolute atomic E-state index is 0. The molecule has 2 unspecified atom stereocenters. The van der Waals surface area contributed by atoms with E-state index in [0.29, 0.717) is 5.25 Å². The van der Waals surface area contributed by atoms with Crippen LogP contribution in [0.3, 0.4) is 0 Å². The fourth-order valence-corrected chi connectivity index (χ4v) is 3.85. The van der Waals surface area contributed by atoms with Gasteiger partial charge < -0.3 is 5.32 Å². The Morgan fingerprint density at radius 2 is 2.40 bits per heavy atom. The van der Waals surface area contributed by atoms with Crippen molar-refractivity contribution in [2.45, 2.75) is 24.1 Å². The van der Waals surface area contributed by atoms with Gasteiger partial charge in [-0.1, -0.05) is 0 Å². The van der Waals surface area contributed by atoms with Crippen molar-refractivity contribution in [3.05, 3.63) is 0 Å². The lowest BCUT2D eigenvalue weighted by Gasteiger charge is -2.13. The molecule has 2 atom stereocenters. The number of hydrogen-bond donors (Lipinski definition) is 2. The summed E-state index contributed by atoms with van der Waals surface area (Å²) in [6.45, 7) is 0.854. The molecule has 0 radical (unpaired) electrons. The number of rotatable bonds is 3. The lowest BCUT2D eigenvalue weighted by Crippen LogP contribution is -2.43. The number of amides is 1. The predicted octanol–water partition coefficient (Wildman–Crippen LogP) is 1.08. The Kier molecular flexibility index (Phi) is 6.19. The smallest absolute Gasteiger partial charge is 0.238 e. The summed E-state index contributed by atoms with van der Waals surface area (Å²) in [5.74, 6) is 3.28. The number of carbonyl (C=O) groups excluding carboxylic acids is 1. The standard InChI is InChI=1S/C9H16N2OS2.ClH/c12-9(8-5-13-6-11-8)10-4-7-2-1-3-14-7;/h7-8,11H,1-6H2,(H,10,12);1H. The van der Waals surface area contributed by atoms with Crippen LogP contribution in [0.25, 0.3) is 0 Å². The third kappa shape index (κ3) is 4.06. The summed E-state index contributed by atoms with van der Waals surface area (Å²) in [6, 6.07) is 0.0476. The van der Waals surface area contributed by atoms with Crippen molar-refractivity contribution in [1.82, 2.24) is 10.6 Å². The molecule has 0 saturated carbocycles. The van der Waals surface area contributed by atoms with E-state index in [1.54, 1.807) is 11.8 Å². The third-order valence-electron chi connectivity index (χ3n) is 2.56.